The normalized spacial score (nSPS) is 28.0. The smallest absolute Gasteiger partial charge is 0.241 e. The third kappa shape index (κ3) is 3.38. The largest absolute Gasteiger partial charge is 0.494 e. The van der Waals surface area contributed by atoms with Gasteiger partial charge in [-0.05, 0) is 56.4 Å². The van der Waals surface area contributed by atoms with Gasteiger partial charge in [0.1, 0.15) is 5.75 Å². The molecule has 2 aliphatic rings. The zero-order valence-electron chi connectivity index (χ0n) is 12.6. The molecule has 3 unspecified atom stereocenters. The SMILES string of the molecule is CCOc1ccc(NC(=O)C2CC3CCCCC3N2)cc1. The first-order valence-electron chi connectivity index (χ1n) is 8.06. The van der Waals surface area contributed by atoms with Gasteiger partial charge in [0.2, 0.25) is 5.91 Å². The minimum absolute atomic E-state index is 0.0373. The van der Waals surface area contributed by atoms with Gasteiger partial charge in [0.25, 0.3) is 0 Å². The van der Waals surface area contributed by atoms with E-state index in [9.17, 15) is 4.79 Å². The van der Waals surface area contributed by atoms with Crippen molar-refractivity contribution in [1.82, 2.24) is 5.32 Å². The van der Waals surface area contributed by atoms with Crippen LogP contribution < -0.4 is 15.4 Å². The van der Waals surface area contributed by atoms with Crippen LogP contribution in [0.4, 0.5) is 5.69 Å². The molecular weight excluding hydrogens is 264 g/mol. The van der Waals surface area contributed by atoms with Crippen molar-refractivity contribution in [2.45, 2.75) is 51.1 Å². The fourth-order valence-corrected chi connectivity index (χ4v) is 3.55. The first kappa shape index (κ1) is 14.4. The molecule has 0 radical (unpaired) electrons. The number of nitrogens with one attached hydrogen (secondary N) is 2. The van der Waals surface area contributed by atoms with E-state index < -0.39 is 0 Å². The summed E-state index contributed by atoms with van der Waals surface area (Å²) in [6.07, 6.45) is 6.08. The van der Waals surface area contributed by atoms with E-state index in [2.05, 4.69) is 10.6 Å². The molecule has 1 aromatic carbocycles. The Bertz CT molecular complexity index is 472. The van der Waals surface area contributed by atoms with Gasteiger partial charge in [-0.15, -0.1) is 0 Å². The Morgan fingerprint density at radius 2 is 2.05 bits per heavy atom. The number of hydrogen-bond donors (Lipinski definition) is 2. The Morgan fingerprint density at radius 1 is 1.29 bits per heavy atom. The summed E-state index contributed by atoms with van der Waals surface area (Å²) >= 11 is 0. The molecule has 1 amide bonds. The van der Waals surface area contributed by atoms with Crippen molar-refractivity contribution in [2.24, 2.45) is 5.92 Å². The number of carbonyl (C=O) groups excluding carboxylic acids is 1. The number of ether oxygens (including phenoxy) is 1. The zero-order chi connectivity index (χ0) is 14.7. The summed E-state index contributed by atoms with van der Waals surface area (Å²) in [6, 6.07) is 8.08. The quantitative estimate of drug-likeness (QED) is 0.895. The standard InChI is InChI=1S/C17H24N2O2/c1-2-21-14-9-7-13(8-10-14)18-17(20)16-11-12-5-3-4-6-15(12)19-16/h7-10,12,15-16,19H,2-6,11H2,1H3,(H,18,20). The number of amides is 1. The van der Waals surface area contributed by atoms with Crippen molar-refractivity contribution in [3.05, 3.63) is 24.3 Å². The van der Waals surface area contributed by atoms with Crippen LogP contribution in [0.2, 0.25) is 0 Å². The van der Waals surface area contributed by atoms with Gasteiger partial charge in [0.15, 0.2) is 0 Å². The second kappa shape index (κ2) is 6.48. The average Bonchev–Trinajstić information content (AvgIpc) is 2.94. The lowest BCUT2D eigenvalue weighted by Gasteiger charge is -2.24. The van der Waals surface area contributed by atoms with Gasteiger partial charge in [-0.3, -0.25) is 4.79 Å². The molecule has 1 aromatic rings. The lowest BCUT2D eigenvalue weighted by molar-refractivity contribution is -0.117. The summed E-state index contributed by atoms with van der Waals surface area (Å²) in [5, 5.41) is 6.51. The highest BCUT2D eigenvalue weighted by molar-refractivity contribution is 5.95. The van der Waals surface area contributed by atoms with Gasteiger partial charge >= 0.3 is 0 Å². The summed E-state index contributed by atoms with van der Waals surface area (Å²) in [5.74, 6) is 1.61. The molecule has 0 aromatic heterocycles. The van der Waals surface area contributed by atoms with Gasteiger partial charge in [-0.1, -0.05) is 12.8 Å². The molecule has 21 heavy (non-hydrogen) atoms. The average molecular weight is 288 g/mol. The summed E-state index contributed by atoms with van der Waals surface area (Å²) in [7, 11) is 0. The minimum Gasteiger partial charge on any atom is -0.494 e. The van der Waals surface area contributed by atoms with Gasteiger partial charge in [0, 0.05) is 11.7 Å². The van der Waals surface area contributed by atoms with E-state index in [0.717, 1.165) is 17.9 Å². The van der Waals surface area contributed by atoms with E-state index >= 15 is 0 Å². The molecule has 0 bridgehead atoms. The number of benzene rings is 1. The monoisotopic (exact) mass is 288 g/mol. The van der Waals surface area contributed by atoms with Crippen LogP contribution in [0.25, 0.3) is 0 Å². The van der Waals surface area contributed by atoms with Gasteiger partial charge in [0.05, 0.1) is 12.6 Å². The number of fused-ring (bicyclic) bond motifs is 1. The lowest BCUT2D eigenvalue weighted by atomic mass is 9.85. The number of hydrogen-bond acceptors (Lipinski definition) is 3. The fraction of sp³-hybridized carbons (Fsp3) is 0.588. The van der Waals surface area contributed by atoms with E-state index in [4.69, 9.17) is 4.74 Å². The molecule has 1 saturated heterocycles. The molecule has 114 valence electrons. The maximum Gasteiger partial charge on any atom is 0.241 e. The highest BCUT2D eigenvalue weighted by atomic mass is 16.5. The highest BCUT2D eigenvalue weighted by Gasteiger charge is 2.38. The van der Waals surface area contributed by atoms with E-state index in [-0.39, 0.29) is 11.9 Å². The second-order valence-corrected chi connectivity index (χ2v) is 6.05. The molecule has 3 rings (SSSR count). The van der Waals surface area contributed by atoms with Crippen molar-refractivity contribution in [1.29, 1.82) is 0 Å². The first-order valence-corrected chi connectivity index (χ1v) is 8.06. The van der Waals surface area contributed by atoms with Crippen LogP contribution in [0.3, 0.4) is 0 Å². The zero-order valence-corrected chi connectivity index (χ0v) is 12.6. The molecule has 4 heteroatoms. The molecule has 4 nitrogen and oxygen atoms in total. The number of rotatable bonds is 4. The van der Waals surface area contributed by atoms with Crippen LogP contribution in [0.15, 0.2) is 24.3 Å². The Labute approximate surface area is 126 Å². The van der Waals surface area contributed by atoms with Gasteiger partial charge in [-0.2, -0.15) is 0 Å². The fourth-order valence-electron chi connectivity index (χ4n) is 3.55. The molecular formula is C17H24N2O2. The predicted octanol–water partition coefficient (Wildman–Crippen LogP) is 2.94. The predicted molar refractivity (Wildman–Crippen MR) is 83.5 cm³/mol. The van der Waals surface area contributed by atoms with Crippen molar-refractivity contribution in [3.8, 4) is 5.75 Å². The highest BCUT2D eigenvalue weighted by Crippen LogP contribution is 2.33. The molecule has 2 fully saturated rings. The van der Waals surface area contributed by atoms with Crippen molar-refractivity contribution >= 4 is 11.6 Å². The third-order valence-electron chi connectivity index (χ3n) is 4.61. The maximum absolute atomic E-state index is 12.4. The van der Waals surface area contributed by atoms with Crippen LogP contribution in [0.1, 0.15) is 39.0 Å². The summed E-state index contributed by atoms with van der Waals surface area (Å²) in [4.78, 5) is 12.4. The van der Waals surface area contributed by atoms with E-state index in [1.54, 1.807) is 0 Å². The van der Waals surface area contributed by atoms with Crippen LogP contribution in [-0.4, -0.2) is 24.6 Å². The Kier molecular flexibility index (Phi) is 4.44. The Hall–Kier alpha value is -1.55. The van der Waals surface area contributed by atoms with Crippen molar-refractivity contribution in [2.75, 3.05) is 11.9 Å². The van der Waals surface area contributed by atoms with Crippen LogP contribution in [-0.2, 0) is 4.79 Å². The molecule has 0 spiro atoms. The van der Waals surface area contributed by atoms with E-state index in [0.29, 0.717) is 18.6 Å². The molecule has 1 heterocycles. The summed E-state index contributed by atoms with van der Waals surface area (Å²) in [5.41, 5.74) is 0.833. The minimum atomic E-state index is -0.0373. The third-order valence-corrected chi connectivity index (χ3v) is 4.61. The van der Waals surface area contributed by atoms with Crippen LogP contribution >= 0.6 is 0 Å². The number of carbonyl (C=O) groups is 1. The lowest BCUT2D eigenvalue weighted by Crippen LogP contribution is -2.39. The topological polar surface area (TPSA) is 50.4 Å². The van der Waals surface area contributed by atoms with Crippen LogP contribution in [0.5, 0.6) is 5.75 Å². The van der Waals surface area contributed by atoms with Crippen molar-refractivity contribution < 1.29 is 9.53 Å². The Morgan fingerprint density at radius 3 is 2.76 bits per heavy atom. The Balaban J connectivity index is 1.56. The molecule has 1 aliphatic heterocycles. The molecule has 1 saturated carbocycles. The van der Waals surface area contributed by atoms with Crippen molar-refractivity contribution in [3.63, 3.8) is 0 Å². The molecule has 2 N–H and O–H groups in total. The molecule has 1 aliphatic carbocycles. The number of anilines is 1. The maximum atomic E-state index is 12.4. The van der Waals surface area contributed by atoms with Crippen LogP contribution in [0, 0.1) is 5.92 Å². The summed E-state index contributed by atoms with van der Waals surface area (Å²) < 4.78 is 5.40. The van der Waals surface area contributed by atoms with E-state index in [1.165, 1.54) is 25.7 Å². The molecule has 3 atom stereocenters. The van der Waals surface area contributed by atoms with E-state index in [1.807, 2.05) is 31.2 Å². The summed E-state index contributed by atoms with van der Waals surface area (Å²) in [6.45, 7) is 2.61. The first-order chi connectivity index (χ1) is 10.3. The second-order valence-electron chi connectivity index (χ2n) is 6.05. The van der Waals surface area contributed by atoms with Gasteiger partial charge in [-0.25, -0.2) is 0 Å². The van der Waals surface area contributed by atoms with Gasteiger partial charge < -0.3 is 15.4 Å².